The van der Waals surface area contributed by atoms with Gasteiger partial charge in [0.2, 0.25) is 5.91 Å². The molecule has 0 radical (unpaired) electrons. The van der Waals surface area contributed by atoms with E-state index in [2.05, 4.69) is 5.32 Å². The number of aryl methyl sites for hydroxylation is 2. The van der Waals surface area contributed by atoms with Crippen LogP contribution >= 0.6 is 0 Å². The molecule has 0 saturated heterocycles. The van der Waals surface area contributed by atoms with Crippen LogP contribution in [0.15, 0.2) is 78.9 Å². The predicted octanol–water partition coefficient (Wildman–Crippen LogP) is 5.24. The molecular weight excluding hydrogens is 436 g/mol. The monoisotopic (exact) mass is 472 g/mol. The Morgan fingerprint density at radius 3 is 2.17 bits per heavy atom. The second-order valence-corrected chi connectivity index (χ2v) is 10.1. The van der Waals surface area contributed by atoms with E-state index in [0.717, 1.165) is 22.3 Å². The molecule has 0 aliphatic carbocycles. The summed E-state index contributed by atoms with van der Waals surface area (Å²) < 4.78 is 5.84. The molecule has 0 fully saturated rings. The Kier molecular flexibility index (Phi) is 8.69. The molecule has 5 nitrogen and oxygen atoms in total. The first kappa shape index (κ1) is 26.0. The summed E-state index contributed by atoms with van der Waals surface area (Å²) in [6, 6.07) is 24.7. The summed E-state index contributed by atoms with van der Waals surface area (Å²) in [4.78, 5) is 28.8. The molecule has 2 amide bonds. The van der Waals surface area contributed by atoms with Gasteiger partial charge >= 0.3 is 0 Å². The quantitative estimate of drug-likeness (QED) is 0.464. The third-order valence-electron chi connectivity index (χ3n) is 5.59. The van der Waals surface area contributed by atoms with E-state index in [1.54, 1.807) is 4.90 Å². The fourth-order valence-electron chi connectivity index (χ4n) is 3.83. The van der Waals surface area contributed by atoms with Crippen molar-refractivity contribution in [3.63, 3.8) is 0 Å². The molecule has 0 bridgehead atoms. The maximum Gasteiger partial charge on any atom is 0.261 e. The van der Waals surface area contributed by atoms with Gasteiger partial charge in [0.05, 0.1) is 0 Å². The molecule has 0 aliphatic heterocycles. The maximum absolute atomic E-state index is 13.6. The van der Waals surface area contributed by atoms with Crippen LogP contribution in [-0.2, 0) is 22.6 Å². The van der Waals surface area contributed by atoms with Crippen LogP contribution < -0.4 is 10.1 Å². The molecule has 0 aromatic heterocycles. The van der Waals surface area contributed by atoms with E-state index in [-0.39, 0.29) is 18.4 Å². The highest BCUT2D eigenvalue weighted by Gasteiger charge is 2.32. The minimum absolute atomic E-state index is 0.149. The molecule has 0 saturated carbocycles. The van der Waals surface area contributed by atoms with Gasteiger partial charge in [0.1, 0.15) is 11.8 Å². The Labute approximate surface area is 209 Å². The number of ether oxygens (including phenoxy) is 1. The molecule has 5 heteroatoms. The van der Waals surface area contributed by atoms with Crippen molar-refractivity contribution in [2.45, 2.75) is 59.2 Å². The third-order valence-corrected chi connectivity index (χ3v) is 5.59. The molecule has 1 unspecified atom stereocenters. The zero-order valence-corrected chi connectivity index (χ0v) is 21.4. The Bertz CT molecular complexity index is 1120. The number of nitrogens with one attached hydrogen (secondary N) is 1. The van der Waals surface area contributed by atoms with Crippen molar-refractivity contribution in [1.29, 1.82) is 0 Å². The standard InChI is InChI=1S/C30H36N2O3/c1-22-14-16-25(17-15-22)20-32(28(33)21-35-26-13-9-10-23(2)18-26)27(29(34)31-30(3,4)5)19-24-11-7-6-8-12-24/h6-18,27H,19-21H2,1-5H3,(H,31,34). The van der Waals surface area contributed by atoms with Gasteiger partial charge in [-0.15, -0.1) is 0 Å². The highest BCUT2D eigenvalue weighted by molar-refractivity contribution is 5.89. The predicted molar refractivity (Wildman–Crippen MR) is 140 cm³/mol. The summed E-state index contributed by atoms with van der Waals surface area (Å²) in [5.41, 5.74) is 3.71. The van der Waals surface area contributed by atoms with Gasteiger partial charge in [-0.1, -0.05) is 72.3 Å². The first-order valence-electron chi connectivity index (χ1n) is 12.0. The summed E-state index contributed by atoms with van der Waals surface area (Å²) in [5, 5.41) is 3.08. The summed E-state index contributed by atoms with van der Waals surface area (Å²) in [5.74, 6) is 0.210. The molecule has 0 spiro atoms. The number of hydrogen-bond acceptors (Lipinski definition) is 3. The Balaban J connectivity index is 1.92. The lowest BCUT2D eigenvalue weighted by Gasteiger charge is -2.33. The van der Waals surface area contributed by atoms with Crippen molar-refractivity contribution >= 4 is 11.8 Å². The topological polar surface area (TPSA) is 58.6 Å². The Hall–Kier alpha value is -3.60. The summed E-state index contributed by atoms with van der Waals surface area (Å²) in [7, 11) is 0. The van der Waals surface area contributed by atoms with Crippen molar-refractivity contribution in [3.05, 3.63) is 101 Å². The lowest BCUT2D eigenvalue weighted by molar-refractivity contribution is -0.143. The van der Waals surface area contributed by atoms with Crippen LogP contribution in [0, 0.1) is 13.8 Å². The van der Waals surface area contributed by atoms with Gasteiger partial charge in [0, 0.05) is 18.5 Å². The van der Waals surface area contributed by atoms with Crippen molar-refractivity contribution in [2.24, 2.45) is 0 Å². The first-order chi connectivity index (χ1) is 16.6. The fourth-order valence-corrected chi connectivity index (χ4v) is 3.83. The molecule has 3 rings (SSSR count). The SMILES string of the molecule is Cc1ccc(CN(C(=O)COc2cccc(C)c2)C(Cc2ccccc2)C(=O)NC(C)(C)C)cc1. The Morgan fingerprint density at radius 1 is 0.857 bits per heavy atom. The number of amides is 2. The zero-order valence-electron chi connectivity index (χ0n) is 21.4. The van der Waals surface area contributed by atoms with E-state index in [0.29, 0.717) is 18.7 Å². The summed E-state index contributed by atoms with van der Waals surface area (Å²) in [6.07, 6.45) is 0.408. The second-order valence-electron chi connectivity index (χ2n) is 10.1. The lowest BCUT2D eigenvalue weighted by atomic mass is 10.0. The van der Waals surface area contributed by atoms with E-state index < -0.39 is 11.6 Å². The van der Waals surface area contributed by atoms with Crippen LogP contribution in [0.1, 0.15) is 43.0 Å². The van der Waals surface area contributed by atoms with E-state index in [4.69, 9.17) is 4.74 Å². The Morgan fingerprint density at radius 2 is 1.54 bits per heavy atom. The van der Waals surface area contributed by atoms with Crippen molar-refractivity contribution in [2.75, 3.05) is 6.61 Å². The largest absolute Gasteiger partial charge is 0.484 e. The van der Waals surface area contributed by atoms with Crippen LogP contribution in [0.2, 0.25) is 0 Å². The molecule has 184 valence electrons. The molecule has 3 aromatic carbocycles. The van der Waals surface area contributed by atoms with Crippen LogP contribution in [0.4, 0.5) is 0 Å². The van der Waals surface area contributed by atoms with Gasteiger partial charge in [-0.2, -0.15) is 0 Å². The van der Waals surface area contributed by atoms with E-state index in [1.807, 2.05) is 113 Å². The van der Waals surface area contributed by atoms with Crippen LogP contribution in [0.3, 0.4) is 0 Å². The number of carbonyl (C=O) groups excluding carboxylic acids is 2. The average molecular weight is 473 g/mol. The second kappa shape index (κ2) is 11.7. The normalized spacial score (nSPS) is 12.0. The number of rotatable bonds is 9. The minimum Gasteiger partial charge on any atom is -0.484 e. The van der Waals surface area contributed by atoms with Crippen molar-refractivity contribution in [3.8, 4) is 5.75 Å². The molecule has 3 aromatic rings. The maximum atomic E-state index is 13.6. The summed E-state index contributed by atoms with van der Waals surface area (Å²) in [6.45, 7) is 9.99. The number of hydrogen-bond donors (Lipinski definition) is 1. The smallest absolute Gasteiger partial charge is 0.261 e. The first-order valence-corrected chi connectivity index (χ1v) is 12.0. The zero-order chi connectivity index (χ0) is 25.4. The molecule has 0 heterocycles. The van der Waals surface area contributed by atoms with Gasteiger partial charge in [-0.3, -0.25) is 9.59 Å². The van der Waals surface area contributed by atoms with Crippen molar-refractivity contribution < 1.29 is 14.3 Å². The fraction of sp³-hybridized carbons (Fsp3) is 0.333. The van der Waals surface area contributed by atoms with Gasteiger partial charge in [0.15, 0.2) is 6.61 Å². The lowest BCUT2D eigenvalue weighted by Crippen LogP contribution is -2.55. The van der Waals surface area contributed by atoms with Gasteiger partial charge in [0.25, 0.3) is 5.91 Å². The van der Waals surface area contributed by atoms with Crippen LogP contribution in [-0.4, -0.2) is 34.9 Å². The highest BCUT2D eigenvalue weighted by atomic mass is 16.5. The van der Waals surface area contributed by atoms with E-state index in [1.165, 1.54) is 0 Å². The molecule has 35 heavy (non-hydrogen) atoms. The minimum atomic E-state index is -0.688. The third kappa shape index (κ3) is 8.29. The van der Waals surface area contributed by atoms with E-state index in [9.17, 15) is 9.59 Å². The molecule has 1 N–H and O–H groups in total. The van der Waals surface area contributed by atoms with E-state index >= 15 is 0 Å². The molecular formula is C30H36N2O3. The average Bonchev–Trinajstić information content (AvgIpc) is 2.80. The van der Waals surface area contributed by atoms with Gasteiger partial charge < -0.3 is 15.0 Å². The number of carbonyl (C=O) groups is 2. The molecule has 0 aliphatic rings. The van der Waals surface area contributed by atoms with Gasteiger partial charge in [-0.25, -0.2) is 0 Å². The van der Waals surface area contributed by atoms with Gasteiger partial charge in [-0.05, 0) is 63.4 Å². The highest BCUT2D eigenvalue weighted by Crippen LogP contribution is 2.18. The van der Waals surface area contributed by atoms with Crippen molar-refractivity contribution in [1.82, 2.24) is 10.2 Å². The number of benzene rings is 3. The number of nitrogens with zero attached hydrogens (tertiary/aromatic N) is 1. The molecule has 1 atom stereocenters. The van der Waals surface area contributed by atoms with Crippen LogP contribution in [0.25, 0.3) is 0 Å². The summed E-state index contributed by atoms with van der Waals surface area (Å²) >= 11 is 0. The van der Waals surface area contributed by atoms with Crippen LogP contribution in [0.5, 0.6) is 5.75 Å².